The third kappa shape index (κ3) is 4.03. The maximum atomic E-state index is 5.09. The van der Waals surface area contributed by atoms with Gasteiger partial charge in [0.1, 0.15) is 11.6 Å². The van der Waals surface area contributed by atoms with E-state index in [1.54, 1.807) is 0 Å². The van der Waals surface area contributed by atoms with Crippen molar-refractivity contribution in [3.05, 3.63) is 77.2 Å². The van der Waals surface area contributed by atoms with Crippen LogP contribution >= 0.6 is 0 Å². The van der Waals surface area contributed by atoms with E-state index in [0.717, 1.165) is 66.7 Å². The summed E-state index contributed by atoms with van der Waals surface area (Å²) in [5.74, 6) is 1.84. The lowest BCUT2D eigenvalue weighted by Gasteiger charge is -2.22. The molecule has 2 aromatic heterocycles. The fourth-order valence-electron chi connectivity index (χ4n) is 4.21. The van der Waals surface area contributed by atoms with Gasteiger partial charge in [-0.25, -0.2) is 14.6 Å². The van der Waals surface area contributed by atoms with Gasteiger partial charge in [0.15, 0.2) is 5.65 Å². The molecule has 3 heterocycles. The highest BCUT2D eigenvalue weighted by Crippen LogP contribution is 2.30. The Kier molecular flexibility index (Phi) is 5.38. The quantitative estimate of drug-likeness (QED) is 0.552. The molecule has 1 fully saturated rings. The van der Waals surface area contributed by atoms with E-state index in [0.29, 0.717) is 6.42 Å². The molecular formula is C25H28N6. The van der Waals surface area contributed by atoms with Gasteiger partial charge in [0, 0.05) is 26.1 Å². The summed E-state index contributed by atoms with van der Waals surface area (Å²) in [5, 5.41) is 9.42. The Bertz CT molecular complexity index is 1170. The molecule has 5 rings (SSSR count). The van der Waals surface area contributed by atoms with Crippen LogP contribution in [0.3, 0.4) is 0 Å². The smallest absolute Gasteiger partial charge is 0.169 e. The molecule has 31 heavy (non-hydrogen) atoms. The first-order chi connectivity index (χ1) is 15.2. The van der Waals surface area contributed by atoms with Crippen LogP contribution in [0.25, 0.3) is 16.7 Å². The lowest BCUT2D eigenvalue weighted by molar-refractivity contribution is 0.724. The number of benzene rings is 2. The number of nitrogens with one attached hydrogen (secondary N) is 1. The number of para-hydroxylation sites is 1. The van der Waals surface area contributed by atoms with Crippen molar-refractivity contribution in [2.75, 3.05) is 31.1 Å². The summed E-state index contributed by atoms with van der Waals surface area (Å²) in [6.07, 6.45) is 1.80. The number of hydrogen-bond acceptors (Lipinski definition) is 5. The minimum absolute atomic E-state index is 0.703. The molecule has 0 spiro atoms. The van der Waals surface area contributed by atoms with Gasteiger partial charge >= 0.3 is 0 Å². The molecule has 0 atom stereocenters. The highest BCUT2D eigenvalue weighted by Gasteiger charge is 2.22. The van der Waals surface area contributed by atoms with Crippen molar-refractivity contribution in [3.63, 3.8) is 0 Å². The normalized spacial score (nSPS) is 14.7. The largest absolute Gasteiger partial charge is 0.355 e. The molecule has 2 aromatic carbocycles. The zero-order chi connectivity index (χ0) is 21.2. The Morgan fingerprint density at radius 3 is 2.52 bits per heavy atom. The second-order valence-electron chi connectivity index (χ2n) is 8.25. The van der Waals surface area contributed by atoms with Crippen LogP contribution in [-0.2, 0) is 6.42 Å². The average molecular weight is 413 g/mol. The highest BCUT2D eigenvalue weighted by molar-refractivity contribution is 5.91. The van der Waals surface area contributed by atoms with Crippen molar-refractivity contribution in [1.82, 2.24) is 25.1 Å². The second-order valence-corrected chi connectivity index (χ2v) is 8.25. The van der Waals surface area contributed by atoms with Gasteiger partial charge in [0.25, 0.3) is 0 Å². The summed E-state index contributed by atoms with van der Waals surface area (Å²) >= 11 is 0. The molecule has 6 nitrogen and oxygen atoms in total. The number of aryl methyl sites for hydroxylation is 2. The fourth-order valence-corrected chi connectivity index (χ4v) is 4.21. The summed E-state index contributed by atoms with van der Waals surface area (Å²) in [6.45, 7) is 8.10. The van der Waals surface area contributed by atoms with E-state index in [9.17, 15) is 0 Å². The summed E-state index contributed by atoms with van der Waals surface area (Å²) in [5.41, 5.74) is 5.34. The van der Waals surface area contributed by atoms with E-state index in [1.165, 1.54) is 11.1 Å². The summed E-state index contributed by atoms with van der Waals surface area (Å²) in [7, 11) is 0. The summed E-state index contributed by atoms with van der Waals surface area (Å²) in [4.78, 5) is 12.5. The number of aromatic nitrogens is 4. The van der Waals surface area contributed by atoms with Crippen LogP contribution in [0.1, 0.15) is 29.1 Å². The molecule has 6 heteroatoms. The number of rotatable bonds is 4. The Hall–Kier alpha value is -3.25. The topological polar surface area (TPSA) is 58.9 Å². The predicted octanol–water partition coefficient (Wildman–Crippen LogP) is 3.82. The minimum Gasteiger partial charge on any atom is -0.355 e. The molecule has 158 valence electrons. The average Bonchev–Trinajstić information content (AvgIpc) is 2.95. The maximum Gasteiger partial charge on any atom is 0.169 e. The molecular weight excluding hydrogens is 384 g/mol. The van der Waals surface area contributed by atoms with Crippen molar-refractivity contribution in [3.8, 4) is 5.69 Å². The van der Waals surface area contributed by atoms with Crippen LogP contribution in [0.15, 0.2) is 54.6 Å². The first kappa shape index (κ1) is 19.7. The third-order valence-corrected chi connectivity index (χ3v) is 5.85. The van der Waals surface area contributed by atoms with E-state index in [2.05, 4.69) is 60.5 Å². The molecule has 0 bridgehead atoms. The van der Waals surface area contributed by atoms with Crippen molar-refractivity contribution >= 4 is 16.9 Å². The zero-order valence-electron chi connectivity index (χ0n) is 18.2. The Morgan fingerprint density at radius 1 is 0.903 bits per heavy atom. The molecule has 0 unspecified atom stereocenters. The van der Waals surface area contributed by atoms with E-state index in [-0.39, 0.29) is 0 Å². The molecule has 1 aliphatic heterocycles. The van der Waals surface area contributed by atoms with Gasteiger partial charge in [-0.2, -0.15) is 5.10 Å². The molecule has 1 aliphatic rings. The molecule has 1 saturated heterocycles. The van der Waals surface area contributed by atoms with Crippen LogP contribution in [0, 0.1) is 13.8 Å². The van der Waals surface area contributed by atoms with E-state index in [1.807, 2.05) is 22.9 Å². The van der Waals surface area contributed by atoms with Crippen molar-refractivity contribution < 1.29 is 0 Å². The minimum atomic E-state index is 0.703. The van der Waals surface area contributed by atoms with Crippen LogP contribution in [0.2, 0.25) is 0 Å². The Morgan fingerprint density at radius 2 is 1.71 bits per heavy atom. The van der Waals surface area contributed by atoms with Crippen molar-refractivity contribution in [2.45, 2.75) is 26.7 Å². The SMILES string of the molecule is Cc1ccc(Cc2nc(N3CCCNCC3)c3c(C)nn(-c4ccccc4)c3n2)cc1. The number of nitrogens with zero attached hydrogens (tertiary/aromatic N) is 5. The molecule has 4 aromatic rings. The van der Waals surface area contributed by atoms with E-state index >= 15 is 0 Å². The van der Waals surface area contributed by atoms with Gasteiger partial charge in [-0.05, 0) is 44.5 Å². The maximum absolute atomic E-state index is 5.09. The molecule has 0 radical (unpaired) electrons. The van der Waals surface area contributed by atoms with Crippen LogP contribution in [0.5, 0.6) is 0 Å². The zero-order valence-corrected chi connectivity index (χ0v) is 18.2. The fraction of sp³-hybridized carbons (Fsp3) is 0.320. The van der Waals surface area contributed by atoms with Crippen molar-refractivity contribution in [1.29, 1.82) is 0 Å². The molecule has 0 aliphatic carbocycles. The lowest BCUT2D eigenvalue weighted by Crippen LogP contribution is -2.29. The van der Waals surface area contributed by atoms with Crippen molar-refractivity contribution in [2.24, 2.45) is 0 Å². The van der Waals surface area contributed by atoms with Gasteiger partial charge in [-0.1, -0.05) is 48.0 Å². The van der Waals surface area contributed by atoms with E-state index < -0.39 is 0 Å². The summed E-state index contributed by atoms with van der Waals surface area (Å²) < 4.78 is 1.96. The Balaban J connectivity index is 1.67. The number of fused-ring (bicyclic) bond motifs is 1. The van der Waals surface area contributed by atoms with E-state index in [4.69, 9.17) is 15.1 Å². The van der Waals surface area contributed by atoms with Gasteiger partial charge in [0.2, 0.25) is 0 Å². The second kappa shape index (κ2) is 8.47. The van der Waals surface area contributed by atoms with Gasteiger partial charge < -0.3 is 10.2 Å². The van der Waals surface area contributed by atoms with Crippen LogP contribution < -0.4 is 10.2 Å². The van der Waals surface area contributed by atoms with Gasteiger partial charge in [-0.15, -0.1) is 0 Å². The van der Waals surface area contributed by atoms with Crippen LogP contribution in [0.4, 0.5) is 5.82 Å². The van der Waals surface area contributed by atoms with Gasteiger partial charge in [-0.3, -0.25) is 0 Å². The molecule has 1 N–H and O–H groups in total. The molecule has 0 amide bonds. The Labute approximate surface area is 182 Å². The predicted molar refractivity (Wildman–Crippen MR) is 125 cm³/mol. The summed E-state index contributed by atoms with van der Waals surface area (Å²) in [6, 6.07) is 18.9. The third-order valence-electron chi connectivity index (χ3n) is 5.85. The first-order valence-electron chi connectivity index (χ1n) is 11.0. The standard InChI is InChI=1S/C25H28N6/c1-18-9-11-20(12-10-18)17-22-27-24(30-15-6-13-26-14-16-30)23-19(2)29-31(25(23)28-22)21-7-4-3-5-8-21/h3-5,7-12,26H,6,13-17H2,1-2H3. The first-order valence-corrected chi connectivity index (χ1v) is 11.0. The molecule has 0 saturated carbocycles. The van der Waals surface area contributed by atoms with Crippen LogP contribution in [-0.4, -0.2) is 45.9 Å². The van der Waals surface area contributed by atoms with Gasteiger partial charge in [0.05, 0.1) is 16.8 Å². The lowest BCUT2D eigenvalue weighted by atomic mass is 10.1. The number of hydrogen-bond donors (Lipinski definition) is 1. The number of anilines is 1. The highest BCUT2D eigenvalue weighted by atomic mass is 15.3. The monoisotopic (exact) mass is 412 g/mol.